The molecule has 0 spiro atoms. The summed E-state index contributed by atoms with van der Waals surface area (Å²) in [5.41, 5.74) is 1.25. The van der Waals surface area contributed by atoms with E-state index < -0.39 is 0 Å². The van der Waals surface area contributed by atoms with Gasteiger partial charge < -0.3 is 5.32 Å². The highest BCUT2D eigenvalue weighted by Crippen LogP contribution is 2.27. The molecule has 1 fully saturated rings. The Morgan fingerprint density at radius 1 is 1.64 bits per heavy atom. The molecule has 1 aliphatic rings. The van der Waals surface area contributed by atoms with Crippen LogP contribution in [-0.2, 0) is 0 Å². The predicted octanol–water partition coefficient (Wildman–Crippen LogP) is 1.60. The Labute approximate surface area is 73.7 Å². The Hall–Kier alpha value is -0.350. The van der Waals surface area contributed by atoms with Crippen molar-refractivity contribution < 1.29 is 0 Å². The molecule has 11 heavy (non-hydrogen) atoms. The molecule has 1 unspecified atom stereocenters. The zero-order valence-corrected chi connectivity index (χ0v) is 7.69. The van der Waals surface area contributed by atoms with E-state index in [1.165, 1.54) is 18.4 Å². The normalized spacial score (nSPS) is 24.3. The summed E-state index contributed by atoms with van der Waals surface area (Å²) in [6.07, 6.45) is 4.37. The summed E-state index contributed by atoms with van der Waals surface area (Å²) < 4.78 is 1.01. The zero-order valence-electron chi connectivity index (χ0n) is 6.10. The molecule has 60 valence electrons. The number of rotatable bonds is 1. The van der Waals surface area contributed by atoms with E-state index in [2.05, 4.69) is 31.4 Å². The largest absolute Gasteiger partial charge is 0.310 e. The first kappa shape index (κ1) is 7.31. The second kappa shape index (κ2) is 2.95. The van der Waals surface area contributed by atoms with E-state index in [9.17, 15) is 0 Å². The molecule has 1 aliphatic heterocycles. The molecule has 4 heteroatoms. The maximum absolute atomic E-state index is 3.95. The van der Waals surface area contributed by atoms with Crippen LogP contribution >= 0.6 is 15.9 Å². The molecule has 0 aromatic carbocycles. The molecule has 2 rings (SSSR count). The van der Waals surface area contributed by atoms with Gasteiger partial charge in [-0.05, 0) is 35.3 Å². The molecule has 2 heterocycles. The van der Waals surface area contributed by atoms with Crippen LogP contribution in [0, 0.1) is 0 Å². The monoisotopic (exact) mass is 215 g/mol. The third-order valence-electron chi connectivity index (χ3n) is 2.06. The van der Waals surface area contributed by atoms with Crippen molar-refractivity contribution in [1.29, 1.82) is 0 Å². The van der Waals surface area contributed by atoms with Gasteiger partial charge in [-0.2, -0.15) is 5.10 Å². The number of nitrogens with one attached hydrogen (secondary N) is 2. The van der Waals surface area contributed by atoms with Gasteiger partial charge in [0.2, 0.25) is 0 Å². The average Bonchev–Trinajstić information content (AvgIpc) is 2.55. The Morgan fingerprint density at radius 3 is 3.09 bits per heavy atom. The highest BCUT2D eigenvalue weighted by Gasteiger charge is 2.19. The lowest BCUT2D eigenvalue weighted by Crippen LogP contribution is -2.12. The number of hydrogen-bond acceptors (Lipinski definition) is 2. The van der Waals surface area contributed by atoms with Crippen LogP contribution in [0.5, 0.6) is 0 Å². The van der Waals surface area contributed by atoms with Crippen LogP contribution in [0.25, 0.3) is 0 Å². The Balaban J connectivity index is 2.21. The molecule has 0 radical (unpaired) electrons. The highest BCUT2D eigenvalue weighted by molar-refractivity contribution is 9.10. The van der Waals surface area contributed by atoms with Crippen molar-refractivity contribution in [2.45, 2.75) is 18.9 Å². The van der Waals surface area contributed by atoms with E-state index in [0.717, 1.165) is 11.1 Å². The fourth-order valence-corrected chi connectivity index (χ4v) is 1.95. The SMILES string of the molecule is Brc1[nH]ncc1C1CCCN1. The Bertz CT molecular complexity index is 240. The van der Waals surface area contributed by atoms with Gasteiger partial charge in [-0.1, -0.05) is 0 Å². The summed E-state index contributed by atoms with van der Waals surface area (Å²) in [6.45, 7) is 1.13. The molecule has 2 N–H and O–H groups in total. The summed E-state index contributed by atoms with van der Waals surface area (Å²) in [4.78, 5) is 0. The number of nitrogens with zero attached hydrogens (tertiary/aromatic N) is 1. The number of halogens is 1. The minimum absolute atomic E-state index is 0.503. The van der Waals surface area contributed by atoms with Gasteiger partial charge in [0.1, 0.15) is 4.60 Å². The molecule has 3 nitrogen and oxygen atoms in total. The van der Waals surface area contributed by atoms with Crippen molar-refractivity contribution in [1.82, 2.24) is 15.5 Å². The minimum Gasteiger partial charge on any atom is -0.310 e. The maximum atomic E-state index is 3.95. The van der Waals surface area contributed by atoms with Crippen molar-refractivity contribution in [3.63, 3.8) is 0 Å². The molecule has 0 bridgehead atoms. The van der Waals surface area contributed by atoms with Gasteiger partial charge in [-0.3, -0.25) is 5.10 Å². The van der Waals surface area contributed by atoms with E-state index in [4.69, 9.17) is 0 Å². The first-order valence-corrected chi connectivity index (χ1v) is 4.59. The second-order valence-electron chi connectivity index (χ2n) is 2.79. The standard InChI is InChI=1S/C7H10BrN3/c8-7-5(4-10-11-7)6-2-1-3-9-6/h4,6,9H,1-3H2,(H,10,11). The van der Waals surface area contributed by atoms with Crippen LogP contribution in [0.4, 0.5) is 0 Å². The lowest BCUT2D eigenvalue weighted by Gasteiger charge is -2.06. The van der Waals surface area contributed by atoms with E-state index in [1.807, 2.05) is 6.20 Å². The van der Waals surface area contributed by atoms with Crippen LogP contribution in [0.1, 0.15) is 24.4 Å². The van der Waals surface area contributed by atoms with Crippen molar-refractivity contribution >= 4 is 15.9 Å². The fraction of sp³-hybridized carbons (Fsp3) is 0.571. The Morgan fingerprint density at radius 2 is 2.55 bits per heavy atom. The zero-order chi connectivity index (χ0) is 7.68. The predicted molar refractivity (Wildman–Crippen MR) is 46.3 cm³/mol. The van der Waals surface area contributed by atoms with Crippen molar-refractivity contribution in [2.75, 3.05) is 6.54 Å². The van der Waals surface area contributed by atoms with Crippen molar-refractivity contribution in [3.05, 3.63) is 16.4 Å². The molecule has 1 saturated heterocycles. The van der Waals surface area contributed by atoms with E-state index in [0.29, 0.717) is 6.04 Å². The Kier molecular flexibility index (Phi) is 1.96. The van der Waals surface area contributed by atoms with E-state index in [-0.39, 0.29) is 0 Å². The van der Waals surface area contributed by atoms with Gasteiger partial charge in [-0.15, -0.1) is 0 Å². The van der Waals surface area contributed by atoms with Crippen molar-refractivity contribution in [3.8, 4) is 0 Å². The van der Waals surface area contributed by atoms with Gasteiger partial charge in [0.15, 0.2) is 0 Å². The van der Waals surface area contributed by atoms with E-state index >= 15 is 0 Å². The lowest BCUT2D eigenvalue weighted by atomic mass is 10.1. The summed E-state index contributed by atoms with van der Waals surface area (Å²) in [6, 6.07) is 0.503. The summed E-state index contributed by atoms with van der Waals surface area (Å²) in [5, 5.41) is 10.2. The van der Waals surface area contributed by atoms with Gasteiger partial charge in [0, 0.05) is 11.6 Å². The number of aromatic amines is 1. The summed E-state index contributed by atoms with van der Waals surface area (Å²) >= 11 is 3.42. The summed E-state index contributed by atoms with van der Waals surface area (Å²) in [5.74, 6) is 0. The minimum atomic E-state index is 0.503. The first-order chi connectivity index (χ1) is 5.38. The quantitative estimate of drug-likeness (QED) is 0.748. The molecular weight excluding hydrogens is 206 g/mol. The average molecular weight is 216 g/mol. The first-order valence-electron chi connectivity index (χ1n) is 3.80. The number of aromatic nitrogens is 2. The fourth-order valence-electron chi connectivity index (χ4n) is 1.47. The lowest BCUT2D eigenvalue weighted by molar-refractivity contribution is 0.645. The third kappa shape index (κ3) is 1.32. The van der Waals surface area contributed by atoms with Crippen molar-refractivity contribution in [2.24, 2.45) is 0 Å². The van der Waals surface area contributed by atoms with Gasteiger partial charge in [-0.25, -0.2) is 0 Å². The highest BCUT2D eigenvalue weighted by atomic mass is 79.9. The molecule has 1 atom stereocenters. The van der Waals surface area contributed by atoms with E-state index in [1.54, 1.807) is 0 Å². The molecule has 1 aromatic rings. The second-order valence-corrected chi connectivity index (χ2v) is 3.58. The third-order valence-corrected chi connectivity index (χ3v) is 2.69. The van der Waals surface area contributed by atoms with Gasteiger partial charge in [0.25, 0.3) is 0 Å². The topological polar surface area (TPSA) is 40.7 Å². The summed E-state index contributed by atoms with van der Waals surface area (Å²) in [7, 11) is 0. The van der Waals surface area contributed by atoms with Crippen LogP contribution in [0.2, 0.25) is 0 Å². The number of hydrogen-bond donors (Lipinski definition) is 2. The number of H-pyrrole nitrogens is 1. The molecule has 1 aromatic heterocycles. The van der Waals surface area contributed by atoms with Crippen LogP contribution in [0.15, 0.2) is 10.8 Å². The molecular formula is C7H10BrN3. The molecule has 0 amide bonds. The maximum Gasteiger partial charge on any atom is 0.105 e. The molecule has 0 saturated carbocycles. The van der Waals surface area contributed by atoms with Crippen LogP contribution in [-0.4, -0.2) is 16.7 Å². The van der Waals surface area contributed by atoms with Crippen LogP contribution < -0.4 is 5.32 Å². The van der Waals surface area contributed by atoms with Crippen LogP contribution in [0.3, 0.4) is 0 Å². The molecule has 0 aliphatic carbocycles. The van der Waals surface area contributed by atoms with Gasteiger partial charge in [0.05, 0.1) is 6.20 Å². The van der Waals surface area contributed by atoms with Gasteiger partial charge >= 0.3 is 0 Å². The smallest absolute Gasteiger partial charge is 0.105 e.